The zero-order chi connectivity index (χ0) is 13.7. The third-order valence-electron chi connectivity index (χ3n) is 3.44. The molecule has 2 aromatic rings. The number of H-pyrrole nitrogens is 1. The van der Waals surface area contributed by atoms with Gasteiger partial charge < -0.3 is 15.0 Å². The predicted octanol–water partition coefficient (Wildman–Crippen LogP) is 2.72. The van der Waals surface area contributed by atoms with Crippen LogP contribution in [0.2, 0.25) is 0 Å². The van der Waals surface area contributed by atoms with E-state index in [1.807, 2.05) is 18.5 Å². The van der Waals surface area contributed by atoms with Crippen LogP contribution < -0.4 is 5.32 Å². The third kappa shape index (κ3) is 3.78. The molecule has 2 aromatic heterocycles. The molecule has 104 valence electrons. The summed E-state index contributed by atoms with van der Waals surface area (Å²) in [6, 6.07) is 4.08. The smallest absolute Gasteiger partial charge is 0.137 e. The van der Waals surface area contributed by atoms with Gasteiger partial charge in [-0.05, 0) is 29.5 Å². The molecule has 2 heterocycles. The third-order valence-corrected chi connectivity index (χ3v) is 3.44. The van der Waals surface area contributed by atoms with Gasteiger partial charge >= 0.3 is 0 Å². The maximum atomic E-state index is 5.15. The summed E-state index contributed by atoms with van der Waals surface area (Å²) < 4.78 is 5.15. The van der Waals surface area contributed by atoms with Crippen molar-refractivity contribution in [2.45, 2.75) is 26.8 Å². The van der Waals surface area contributed by atoms with Crippen molar-refractivity contribution in [3.05, 3.63) is 30.1 Å². The van der Waals surface area contributed by atoms with Gasteiger partial charge in [0.25, 0.3) is 0 Å². The van der Waals surface area contributed by atoms with Gasteiger partial charge in [-0.15, -0.1) is 0 Å². The van der Waals surface area contributed by atoms with Crippen molar-refractivity contribution < 1.29 is 4.74 Å². The van der Waals surface area contributed by atoms with Crippen LogP contribution in [-0.4, -0.2) is 30.2 Å². The number of rotatable bonds is 7. The van der Waals surface area contributed by atoms with Gasteiger partial charge in [0, 0.05) is 44.6 Å². The number of ether oxygens (including phenoxy) is 1. The molecule has 0 aliphatic rings. The second kappa shape index (κ2) is 6.17. The lowest BCUT2D eigenvalue weighted by atomic mass is 9.89. The van der Waals surface area contributed by atoms with Gasteiger partial charge in [-0.3, -0.25) is 0 Å². The molecule has 0 bridgehead atoms. The molecule has 0 aromatic carbocycles. The van der Waals surface area contributed by atoms with Crippen molar-refractivity contribution in [2.24, 2.45) is 5.41 Å². The molecule has 0 unspecified atom stereocenters. The van der Waals surface area contributed by atoms with Crippen molar-refractivity contribution >= 4 is 11.0 Å². The molecule has 0 amide bonds. The minimum absolute atomic E-state index is 0.250. The largest absolute Gasteiger partial charge is 0.385 e. The summed E-state index contributed by atoms with van der Waals surface area (Å²) in [5, 5.41) is 4.72. The second-order valence-corrected chi connectivity index (χ2v) is 5.72. The van der Waals surface area contributed by atoms with E-state index in [1.165, 1.54) is 10.9 Å². The zero-order valence-electron chi connectivity index (χ0n) is 12.0. The van der Waals surface area contributed by atoms with Gasteiger partial charge in [0.05, 0.1) is 0 Å². The number of aromatic nitrogens is 2. The Bertz CT molecular complexity index is 519. The number of pyridine rings is 1. The van der Waals surface area contributed by atoms with E-state index in [-0.39, 0.29) is 5.41 Å². The first kappa shape index (κ1) is 14.0. The maximum Gasteiger partial charge on any atom is 0.137 e. The molecule has 0 saturated heterocycles. The van der Waals surface area contributed by atoms with Crippen molar-refractivity contribution in [3.63, 3.8) is 0 Å². The number of fused-ring (bicyclic) bond motifs is 1. The highest BCUT2D eigenvalue weighted by molar-refractivity contribution is 5.79. The lowest BCUT2D eigenvalue weighted by molar-refractivity contribution is 0.150. The summed E-state index contributed by atoms with van der Waals surface area (Å²) in [5.74, 6) is 0. The van der Waals surface area contributed by atoms with E-state index in [0.29, 0.717) is 0 Å². The van der Waals surface area contributed by atoms with E-state index < -0.39 is 0 Å². The van der Waals surface area contributed by atoms with E-state index in [4.69, 9.17) is 4.74 Å². The van der Waals surface area contributed by atoms with Crippen LogP contribution >= 0.6 is 0 Å². The fourth-order valence-corrected chi connectivity index (χ4v) is 2.16. The number of hydrogen-bond donors (Lipinski definition) is 2. The van der Waals surface area contributed by atoms with Crippen LogP contribution in [0.15, 0.2) is 24.5 Å². The number of hydrogen-bond acceptors (Lipinski definition) is 3. The molecular formula is C15H23N3O. The fourth-order valence-electron chi connectivity index (χ4n) is 2.16. The SMILES string of the molecule is COCCC(C)(C)CNCc1c[nH]c2ncccc12. The first-order valence-electron chi connectivity index (χ1n) is 6.73. The molecule has 2 N–H and O–H groups in total. The maximum absolute atomic E-state index is 5.15. The molecule has 0 atom stereocenters. The molecule has 0 fully saturated rings. The Kier molecular flexibility index (Phi) is 4.56. The number of aromatic amines is 1. The van der Waals surface area contributed by atoms with Gasteiger partial charge in [0.2, 0.25) is 0 Å². The van der Waals surface area contributed by atoms with Gasteiger partial charge in [0.1, 0.15) is 5.65 Å². The molecule has 2 rings (SSSR count). The van der Waals surface area contributed by atoms with Gasteiger partial charge in [-0.1, -0.05) is 13.8 Å². The highest BCUT2D eigenvalue weighted by Gasteiger charge is 2.17. The van der Waals surface area contributed by atoms with E-state index in [1.54, 1.807) is 7.11 Å². The van der Waals surface area contributed by atoms with E-state index in [0.717, 1.165) is 31.8 Å². The van der Waals surface area contributed by atoms with Crippen LogP contribution in [0.5, 0.6) is 0 Å². The molecule has 0 aliphatic carbocycles. The number of methoxy groups -OCH3 is 1. The van der Waals surface area contributed by atoms with E-state index in [9.17, 15) is 0 Å². The topological polar surface area (TPSA) is 49.9 Å². The van der Waals surface area contributed by atoms with Crippen LogP contribution in [0, 0.1) is 5.41 Å². The first-order chi connectivity index (χ1) is 9.12. The molecule has 4 nitrogen and oxygen atoms in total. The van der Waals surface area contributed by atoms with Crippen LogP contribution in [0.3, 0.4) is 0 Å². The second-order valence-electron chi connectivity index (χ2n) is 5.72. The zero-order valence-corrected chi connectivity index (χ0v) is 12.0. The molecule has 0 radical (unpaired) electrons. The van der Waals surface area contributed by atoms with Crippen LogP contribution in [0.4, 0.5) is 0 Å². The van der Waals surface area contributed by atoms with E-state index in [2.05, 4.69) is 35.2 Å². The van der Waals surface area contributed by atoms with Crippen LogP contribution in [-0.2, 0) is 11.3 Å². The Labute approximate surface area is 114 Å². The Morgan fingerprint density at radius 2 is 2.26 bits per heavy atom. The lowest BCUT2D eigenvalue weighted by Crippen LogP contribution is -2.30. The Morgan fingerprint density at radius 1 is 1.42 bits per heavy atom. The molecular weight excluding hydrogens is 238 g/mol. The van der Waals surface area contributed by atoms with Crippen LogP contribution in [0.1, 0.15) is 25.8 Å². The van der Waals surface area contributed by atoms with Gasteiger partial charge in [0.15, 0.2) is 0 Å². The van der Waals surface area contributed by atoms with Crippen molar-refractivity contribution in [3.8, 4) is 0 Å². The summed E-state index contributed by atoms with van der Waals surface area (Å²) >= 11 is 0. The Balaban J connectivity index is 1.89. The standard InChI is InChI=1S/C15H23N3O/c1-15(2,6-8-19-3)11-16-9-12-10-18-14-13(12)5-4-7-17-14/h4-5,7,10,16H,6,8-9,11H2,1-3H3,(H,17,18). The molecule has 4 heteroatoms. The van der Waals surface area contributed by atoms with Crippen molar-refractivity contribution in [1.29, 1.82) is 0 Å². The van der Waals surface area contributed by atoms with Crippen molar-refractivity contribution in [1.82, 2.24) is 15.3 Å². The Hall–Kier alpha value is -1.39. The highest BCUT2D eigenvalue weighted by atomic mass is 16.5. The molecule has 0 aliphatic heterocycles. The minimum Gasteiger partial charge on any atom is -0.385 e. The normalized spacial score (nSPS) is 12.2. The average Bonchev–Trinajstić information content (AvgIpc) is 2.80. The average molecular weight is 261 g/mol. The van der Waals surface area contributed by atoms with Crippen molar-refractivity contribution in [2.75, 3.05) is 20.3 Å². The summed E-state index contributed by atoms with van der Waals surface area (Å²) in [5.41, 5.74) is 2.48. The summed E-state index contributed by atoms with van der Waals surface area (Å²) in [7, 11) is 1.75. The lowest BCUT2D eigenvalue weighted by Gasteiger charge is -2.24. The summed E-state index contributed by atoms with van der Waals surface area (Å²) in [4.78, 5) is 7.50. The number of nitrogens with one attached hydrogen (secondary N) is 2. The monoisotopic (exact) mass is 261 g/mol. The molecule has 19 heavy (non-hydrogen) atoms. The number of nitrogens with zero attached hydrogens (tertiary/aromatic N) is 1. The quantitative estimate of drug-likeness (QED) is 0.805. The van der Waals surface area contributed by atoms with Gasteiger partial charge in [-0.25, -0.2) is 4.98 Å². The fraction of sp³-hybridized carbons (Fsp3) is 0.533. The summed E-state index contributed by atoms with van der Waals surface area (Å²) in [6.07, 6.45) is 4.91. The highest BCUT2D eigenvalue weighted by Crippen LogP contribution is 2.20. The van der Waals surface area contributed by atoms with Crippen LogP contribution in [0.25, 0.3) is 11.0 Å². The predicted molar refractivity (Wildman–Crippen MR) is 78.1 cm³/mol. The summed E-state index contributed by atoms with van der Waals surface area (Å²) in [6.45, 7) is 7.17. The molecule has 0 saturated carbocycles. The molecule has 0 spiro atoms. The Morgan fingerprint density at radius 3 is 3.05 bits per heavy atom. The minimum atomic E-state index is 0.250. The van der Waals surface area contributed by atoms with E-state index >= 15 is 0 Å². The first-order valence-corrected chi connectivity index (χ1v) is 6.73. The van der Waals surface area contributed by atoms with Gasteiger partial charge in [-0.2, -0.15) is 0 Å².